The van der Waals surface area contributed by atoms with Crippen LogP contribution in [0.4, 0.5) is 0 Å². The largest absolute Gasteiger partial charge is 0.299 e. The highest BCUT2D eigenvalue weighted by atomic mass is 35.5. The van der Waals surface area contributed by atoms with Crippen molar-refractivity contribution in [2.45, 2.75) is 26.3 Å². The summed E-state index contributed by atoms with van der Waals surface area (Å²) >= 11 is 5.77. The summed E-state index contributed by atoms with van der Waals surface area (Å²) in [5.41, 5.74) is 1.27. The Bertz CT molecular complexity index is 283. The highest BCUT2D eigenvalue weighted by Crippen LogP contribution is 2.03. The van der Waals surface area contributed by atoms with Gasteiger partial charge >= 0.3 is 0 Å². The molecule has 1 rings (SSSR count). The van der Waals surface area contributed by atoms with Crippen LogP contribution < -0.4 is 0 Å². The van der Waals surface area contributed by atoms with Gasteiger partial charge in [-0.3, -0.25) is 9.58 Å². The van der Waals surface area contributed by atoms with Crippen LogP contribution in [0.25, 0.3) is 0 Å². The lowest BCUT2D eigenvalue weighted by Crippen LogP contribution is -2.34. The maximum atomic E-state index is 5.77. The normalized spacial score (nSPS) is 11.6. The summed E-state index contributed by atoms with van der Waals surface area (Å²) in [5, 5.41) is 4.16. The Morgan fingerprint density at radius 1 is 1.47 bits per heavy atom. The highest BCUT2D eigenvalue weighted by Gasteiger charge is 2.09. The predicted octanol–water partition coefficient (Wildman–Crippen LogP) is 1.91. The number of hydrogen-bond donors (Lipinski definition) is 0. The Hall–Kier alpha value is -0.540. The number of rotatable bonds is 6. The average Bonchev–Trinajstić information content (AvgIpc) is 2.58. The minimum atomic E-state index is 0.553. The third-order valence-corrected chi connectivity index (χ3v) is 2.85. The van der Waals surface area contributed by atoms with Gasteiger partial charge in [-0.25, -0.2) is 0 Å². The van der Waals surface area contributed by atoms with E-state index in [1.54, 1.807) is 0 Å². The van der Waals surface area contributed by atoms with E-state index >= 15 is 0 Å². The molecule has 0 bridgehead atoms. The van der Waals surface area contributed by atoms with Crippen molar-refractivity contribution in [3.05, 3.63) is 18.0 Å². The first-order valence-electron chi connectivity index (χ1n) is 5.42. The maximum absolute atomic E-state index is 5.77. The molecule has 3 nitrogen and oxygen atoms in total. The molecule has 0 spiro atoms. The van der Waals surface area contributed by atoms with E-state index in [0.717, 1.165) is 19.5 Å². The van der Waals surface area contributed by atoms with Crippen molar-refractivity contribution in [1.82, 2.24) is 14.7 Å². The molecule has 0 radical (unpaired) electrons. The number of halogens is 1. The SMILES string of the molecule is CC(C)N(CCCl)CCc1ccnn1C. The zero-order valence-electron chi connectivity index (χ0n) is 9.78. The van der Waals surface area contributed by atoms with Crippen molar-refractivity contribution >= 4 is 11.6 Å². The summed E-state index contributed by atoms with van der Waals surface area (Å²) in [5.74, 6) is 0.698. The third-order valence-electron chi connectivity index (χ3n) is 2.68. The van der Waals surface area contributed by atoms with Crippen LogP contribution in [-0.4, -0.2) is 39.7 Å². The van der Waals surface area contributed by atoms with Gasteiger partial charge in [0.1, 0.15) is 0 Å². The highest BCUT2D eigenvalue weighted by molar-refractivity contribution is 6.18. The first-order chi connectivity index (χ1) is 7.15. The van der Waals surface area contributed by atoms with E-state index in [1.807, 2.05) is 17.9 Å². The van der Waals surface area contributed by atoms with E-state index in [1.165, 1.54) is 5.69 Å². The van der Waals surface area contributed by atoms with E-state index in [-0.39, 0.29) is 0 Å². The standard InChI is InChI=1S/C11H20ClN3/c1-10(2)15(9-6-12)8-5-11-4-7-13-14(11)3/h4,7,10H,5-6,8-9H2,1-3H3. The Morgan fingerprint density at radius 3 is 2.67 bits per heavy atom. The van der Waals surface area contributed by atoms with E-state index < -0.39 is 0 Å². The van der Waals surface area contributed by atoms with Crippen LogP contribution in [0.2, 0.25) is 0 Å². The maximum Gasteiger partial charge on any atom is 0.0492 e. The lowest BCUT2D eigenvalue weighted by molar-refractivity contribution is 0.236. The fourth-order valence-electron chi connectivity index (χ4n) is 1.64. The summed E-state index contributed by atoms with van der Waals surface area (Å²) in [6.45, 7) is 6.41. The predicted molar refractivity (Wildman–Crippen MR) is 64.3 cm³/mol. The monoisotopic (exact) mass is 229 g/mol. The third kappa shape index (κ3) is 3.84. The number of alkyl halides is 1. The second-order valence-electron chi connectivity index (χ2n) is 4.01. The molecule has 0 saturated heterocycles. The van der Waals surface area contributed by atoms with Crippen LogP contribution in [0.5, 0.6) is 0 Å². The molecular formula is C11H20ClN3. The van der Waals surface area contributed by atoms with Crippen molar-refractivity contribution in [3.63, 3.8) is 0 Å². The van der Waals surface area contributed by atoms with Crippen molar-refractivity contribution in [2.75, 3.05) is 19.0 Å². The number of aryl methyl sites for hydroxylation is 1. The number of aromatic nitrogens is 2. The summed E-state index contributed by atoms with van der Waals surface area (Å²) in [4.78, 5) is 2.39. The Kier molecular flexibility index (Phi) is 5.12. The Balaban J connectivity index is 2.43. The zero-order valence-corrected chi connectivity index (χ0v) is 10.5. The van der Waals surface area contributed by atoms with Gasteiger partial charge < -0.3 is 0 Å². The molecule has 0 amide bonds. The molecule has 15 heavy (non-hydrogen) atoms. The number of hydrogen-bond acceptors (Lipinski definition) is 2. The smallest absolute Gasteiger partial charge is 0.0492 e. The molecule has 1 aromatic heterocycles. The first kappa shape index (κ1) is 12.5. The molecule has 0 aliphatic rings. The average molecular weight is 230 g/mol. The van der Waals surface area contributed by atoms with Crippen LogP contribution in [-0.2, 0) is 13.5 Å². The molecule has 0 unspecified atom stereocenters. The second kappa shape index (κ2) is 6.13. The van der Waals surface area contributed by atoms with E-state index in [2.05, 4.69) is 29.9 Å². The molecule has 1 heterocycles. The van der Waals surface area contributed by atoms with Gasteiger partial charge in [0, 0.05) is 50.4 Å². The number of nitrogens with zero attached hydrogens (tertiary/aromatic N) is 3. The van der Waals surface area contributed by atoms with Crippen molar-refractivity contribution in [1.29, 1.82) is 0 Å². The summed E-state index contributed by atoms with van der Waals surface area (Å²) in [6.07, 6.45) is 2.88. The van der Waals surface area contributed by atoms with E-state index in [9.17, 15) is 0 Å². The molecular weight excluding hydrogens is 210 g/mol. The fraction of sp³-hybridized carbons (Fsp3) is 0.727. The summed E-state index contributed by atoms with van der Waals surface area (Å²) < 4.78 is 1.93. The Labute approximate surface area is 97.0 Å². The van der Waals surface area contributed by atoms with Crippen molar-refractivity contribution in [3.8, 4) is 0 Å². The molecule has 0 N–H and O–H groups in total. The molecule has 1 aromatic rings. The first-order valence-corrected chi connectivity index (χ1v) is 5.95. The van der Waals surface area contributed by atoms with Gasteiger partial charge in [-0.15, -0.1) is 11.6 Å². The molecule has 0 saturated carbocycles. The molecule has 0 aromatic carbocycles. The molecule has 86 valence electrons. The molecule has 0 aliphatic carbocycles. The zero-order chi connectivity index (χ0) is 11.3. The van der Waals surface area contributed by atoms with E-state index in [4.69, 9.17) is 11.6 Å². The van der Waals surface area contributed by atoms with Crippen LogP contribution in [0.1, 0.15) is 19.5 Å². The van der Waals surface area contributed by atoms with Crippen LogP contribution in [0, 0.1) is 0 Å². The minimum Gasteiger partial charge on any atom is -0.299 e. The van der Waals surface area contributed by atoms with Crippen molar-refractivity contribution < 1.29 is 0 Å². The topological polar surface area (TPSA) is 21.1 Å². The molecule has 0 fully saturated rings. The lowest BCUT2D eigenvalue weighted by atomic mass is 10.2. The van der Waals surface area contributed by atoms with Crippen LogP contribution >= 0.6 is 11.6 Å². The van der Waals surface area contributed by atoms with Gasteiger partial charge in [0.2, 0.25) is 0 Å². The van der Waals surface area contributed by atoms with E-state index in [0.29, 0.717) is 11.9 Å². The molecule has 0 atom stereocenters. The van der Waals surface area contributed by atoms with Gasteiger partial charge in [0.15, 0.2) is 0 Å². The second-order valence-corrected chi connectivity index (χ2v) is 4.39. The van der Waals surface area contributed by atoms with Gasteiger partial charge in [-0.1, -0.05) is 0 Å². The summed E-state index contributed by atoms with van der Waals surface area (Å²) in [7, 11) is 1.98. The lowest BCUT2D eigenvalue weighted by Gasteiger charge is -2.25. The minimum absolute atomic E-state index is 0.553. The van der Waals surface area contributed by atoms with Gasteiger partial charge in [-0.2, -0.15) is 5.10 Å². The van der Waals surface area contributed by atoms with Crippen molar-refractivity contribution in [2.24, 2.45) is 7.05 Å². The van der Waals surface area contributed by atoms with Crippen LogP contribution in [0.15, 0.2) is 12.3 Å². The van der Waals surface area contributed by atoms with Crippen LogP contribution in [0.3, 0.4) is 0 Å². The Morgan fingerprint density at radius 2 is 2.20 bits per heavy atom. The quantitative estimate of drug-likeness (QED) is 0.695. The molecule has 0 aliphatic heterocycles. The summed E-state index contributed by atoms with van der Waals surface area (Å²) in [6, 6.07) is 2.62. The fourth-order valence-corrected chi connectivity index (χ4v) is 1.86. The van der Waals surface area contributed by atoms with Gasteiger partial charge in [0.05, 0.1) is 0 Å². The van der Waals surface area contributed by atoms with Gasteiger partial charge in [-0.05, 0) is 19.9 Å². The van der Waals surface area contributed by atoms with Gasteiger partial charge in [0.25, 0.3) is 0 Å². The molecule has 4 heteroatoms.